The number of aromatic nitrogens is 2. The Labute approximate surface area is 126 Å². The number of ether oxygens (including phenoxy) is 1. The number of carbonyl (C=O) groups excluding carboxylic acids is 1. The first kappa shape index (κ1) is 15.8. The number of nitrogens with zero attached hydrogens (tertiary/aromatic N) is 1. The zero-order valence-electron chi connectivity index (χ0n) is 12.3. The van der Waals surface area contributed by atoms with Crippen molar-refractivity contribution in [3.05, 3.63) is 29.7 Å². The van der Waals surface area contributed by atoms with Crippen molar-refractivity contribution in [1.29, 1.82) is 0 Å². The van der Waals surface area contributed by atoms with Gasteiger partial charge in [0.1, 0.15) is 17.5 Å². The number of H-pyrrole nitrogens is 1. The van der Waals surface area contributed by atoms with Gasteiger partial charge < -0.3 is 19.6 Å². The highest BCUT2D eigenvalue weighted by molar-refractivity contribution is 5.95. The Morgan fingerprint density at radius 3 is 2.86 bits per heavy atom. The molecule has 0 fully saturated rings. The van der Waals surface area contributed by atoms with Crippen LogP contribution >= 0.6 is 0 Å². The summed E-state index contributed by atoms with van der Waals surface area (Å²) < 4.78 is 10.2. The monoisotopic (exact) mass is 307 g/mol. The van der Waals surface area contributed by atoms with Crippen molar-refractivity contribution in [1.82, 2.24) is 15.5 Å². The summed E-state index contributed by atoms with van der Waals surface area (Å²) in [6, 6.07) is 4.02. The predicted molar refractivity (Wildman–Crippen MR) is 76.4 cm³/mol. The molecule has 118 valence electrons. The van der Waals surface area contributed by atoms with Gasteiger partial charge in [-0.3, -0.25) is 9.89 Å². The van der Waals surface area contributed by atoms with Gasteiger partial charge in [-0.1, -0.05) is 0 Å². The molecule has 0 aliphatic rings. The van der Waals surface area contributed by atoms with Gasteiger partial charge >= 0.3 is 5.97 Å². The quantitative estimate of drug-likeness (QED) is 0.707. The number of aryl methyl sites for hydroxylation is 1. The normalized spacial score (nSPS) is 12.1. The highest BCUT2D eigenvalue weighted by atomic mass is 16.5. The van der Waals surface area contributed by atoms with Gasteiger partial charge in [-0.2, -0.15) is 5.10 Å². The number of hydrogen-bond acceptors (Lipinski definition) is 5. The van der Waals surface area contributed by atoms with Crippen LogP contribution in [0.25, 0.3) is 11.5 Å². The highest BCUT2D eigenvalue weighted by Gasteiger charge is 2.22. The second-order valence-electron chi connectivity index (χ2n) is 4.72. The lowest BCUT2D eigenvalue weighted by Crippen LogP contribution is -2.41. The number of aromatic amines is 1. The Kier molecular flexibility index (Phi) is 4.95. The van der Waals surface area contributed by atoms with Gasteiger partial charge in [-0.25, -0.2) is 4.79 Å². The van der Waals surface area contributed by atoms with Gasteiger partial charge in [0.15, 0.2) is 11.5 Å². The van der Waals surface area contributed by atoms with E-state index in [-0.39, 0.29) is 18.7 Å². The van der Waals surface area contributed by atoms with E-state index in [4.69, 9.17) is 14.3 Å². The van der Waals surface area contributed by atoms with E-state index >= 15 is 0 Å². The van der Waals surface area contributed by atoms with Gasteiger partial charge in [0.25, 0.3) is 5.91 Å². The number of aliphatic carboxylic acids is 1. The summed E-state index contributed by atoms with van der Waals surface area (Å²) in [4.78, 5) is 23.1. The number of nitrogens with one attached hydrogen (secondary N) is 2. The van der Waals surface area contributed by atoms with Crippen molar-refractivity contribution in [2.45, 2.75) is 19.4 Å². The summed E-state index contributed by atoms with van der Waals surface area (Å²) in [6.45, 7) is 2.04. The van der Waals surface area contributed by atoms with Gasteiger partial charge in [0.05, 0.1) is 0 Å². The summed E-state index contributed by atoms with van der Waals surface area (Å²) in [7, 11) is 1.46. The first-order valence-electron chi connectivity index (χ1n) is 6.66. The standard InChI is InChI=1S/C14H17N3O5/c1-8-3-4-12(22-8)10-7-11(17-16-10)13(18)15-9(14(19)20)5-6-21-2/h3-4,7,9H,5-6H2,1-2H3,(H,15,18)(H,16,17)(H,19,20). The second kappa shape index (κ2) is 6.90. The van der Waals surface area contributed by atoms with Gasteiger partial charge in [0, 0.05) is 26.2 Å². The number of carbonyl (C=O) groups is 2. The lowest BCUT2D eigenvalue weighted by Gasteiger charge is -2.12. The minimum atomic E-state index is -1.12. The van der Waals surface area contributed by atoms with Crippen LogP contribution in [0.1, 0.15) is 22.7 Å². The van der Waals surface area contributed by atoms with Crippen LogP contribution in [0.15, 0.2) is 22.6 Å². The zero-order valence-corrected chi connectivity index (χ0v) is 12.3. The fourth-order valence-corrected chi connectivity index (χ4v) is 1.87. The number of furan rings is 1. The van der Waals surface area contributed by atoms with E-state index < -0.39 is 17.9 Å². The van der Waals surface area contributed by atoms with Crippen LogP contribution in [0.2, 0.25) is 0 Å². The molecule has 0 radical (unpaired) electrons. The Bertz CT molecular complexity index is 661. The molecule has 2 aromatic heterocycles. The number of amides is 1. The smallest absolute Gasteiger partial charge is 0.326 e. The van der Waals surface area contributed by atoms with Crippen LogP contribution in [0.4, 0.5) is 0 Å². The number of methoxy groups -OCH3 is 1. The number of carboxylic acids is 1. The van der Waals surface area contributed by atoms with E-state index in [1.807, 2.05) is 0 Å². The van der Waals surface area contributed by atoms with Crippen LogP contribution in [0, 0.1) is 6.92 Å². The molecule has 0 saturated heterocycles. The summed E-state index contributed by atoms with van der Waals surface area (Å²) in [5, 5.41) is 18.0. The topological polar surface area (TPSA) is 117 Å². The van der Waals surface area contributed by atoms with Crippen LogP contribution < -0.4 is 5.32 Å². The summed E-state index contributed by atoms with van der Waals surface area (Å²) in [5.74, 6) is -0.406. The Hall–Kier alpha value is -2.61. The predicted octanol–water partition coefficient (Wildman–Crippen LogP) is 1.20. The summed E-state index contributed by atoms with van der Waals surface area (Å²) in [5.41, 5.74) is 0.634. The van der Waals surface area contributed by atoms with Crippen LogP contribution in [0.5, 0.6) is 0 Å². The third-order valence-corrected chi connectivity index (χ3v) is 3.03. The number of carboxylic acid groups (broad SMARTS) is 1. The molecule has 0 spiro atoms. The van der Waals surface area contributed by atoms with Gasteiger partial charge in [0.2, 0.25) is 0 Å². The lowest BCUT2D eigenvalue weighted by atomic mass is 10.2. The molecule has 1 amide bonds. The Balaban J connectivity index is 2.06. The molecule has 2 rings (SSSR count). The summed E-state index contributed by atoms with van der Waals surface area (Å²) in [6.07, 6.45) is 0.173. The van der Waals surface area contributed by atoms with Crippen molar-refractivity contribution < 1.29 is 23.8 Å². The molecule has 0 aromatic carbocycles. The Morgan fingerprint density at radius 1 is 1.50 bits per heavy atom. The van der Waals surface area contributed by atoms with E-state index in [1.165, 1.54) is 13.2 Å². The minimum Gasteiger partial charge on any atom is -0.480 e. The molecule has 8 heteroatoms. The molecule has 22 heavy (non-hydrogen) atoms. The molecule has 3 N–H and O–H groups in total. The zero-order chi connectivity index (χ0) is 16.1. The maximum absolute atomic E-state index is 12.0. The molecule has 0 saturated carbocycles. The molecule has 2 aromatic rings. The lowest BCUT2D eigenvalue weighted by molar-refractivity contribution is -0.139. The molecule has 2 heterocycles. The van der Waals surface area contributed by atoms with Crippen molar-refractivity contribution in [2.24, 2.45) is 0 Å². The number of rotatable bonds is 7. The fraction of sp³-hybridized carbons (Fsp3) is 0.357. The van der Waals surface area contributed by atoms with Crippen LogP contribution in [0.3, 0.4) is 0 Å². The largest absolute Gasteiger partial charge is 0.480 e. The third kappa shape index (κ3) is 3.73. The molecule has 0 aliphatic heterocycles. The molecule has 0 aliphatic carbocycles. The molecule has 1 unspecified atom stereocenters. The van der Waals surface area contributed by atoms with E-state index in [1.54, 1.807) is 19.1 Å². The SMILES string of the molecule is COCCC(NC(=O)c1cc(-c2ccc(C)o2)[nH]n1)C(=O)O. The average Bonchev–Trinajstić information content (AvgIpc) is 3.11. The van der Waals surface area contributed by atoms with Crippen LogP contribution in [-0.4, -0.2) is 46.9 Å². The average molecular weight is 307 g/mol. The summed E-state index contributed by atoms with van der Waals surface area (Å²) >= 11 is 0. The van der Waals surface area contributed by atoms with Crippen molar-refractivity contribution >= 4 is 11.9 Å². The van der Waals surface area contributed by atoms with Crippen molar-refractivity contribution in [3.8, 4) is 11.5 Å². The molecule has 0 bridgehead atoms. The number of hydrogen-bond donors (Lipinski definition) is 3. The third-order valence-electron chi connectivity index (χ3n) is 3.03. The van der Waals surface area contributed by atoms with Crippen molar-refractivity contribution in [3.63, 3.8) is 0 Å². The molecule has 8 nitrogen and oxygen atoms in total. The van der Waals surface area contributed by atoms with E-state index in [0.29, 0.717) is 11.5 Å². The van der Waals surface area contributed by atoms with Gasteiger partial charge in [-0.15, -0.1) is 0 Å². The second-order valence-corrected chi connectivity index (χ2v) is 4.72. The van der Waals surface area contributed by atoms with E-state index in [0.717, 1.165) is 5.76 Å². The first-order valence-corrected chi connectivity index (χ1v) is 6.66. The van der Waals surface area contributed by atoms with E-state index in [9.17, 15) is 9.59 Å². The highest BCUT2D eigenvalue weighted by Crippen LogP contribution is 2.20. The van der Waals surface area contributed by atoms with Crippen LogP contribution in [-0.2, 0) is 9.53 Å². The van der Waals surface area contributed by atoms with Crippen molar-refractivity contribution in [2.75, 3.05) is 13.7 Å². The fourth-order valence-electron chi connectivity index (χ4n) is 1.87. The maximum Gasteiger partial charge on any atom is 0.326 e. The molecular formula is C14H17N3O5. The van der Waals surface area contributed by atoms with E-state index in [2.05, 4.69) is 15.5 Å². The maximum atomic E-state index is 12.0. The van der Waals surface area contributed by atoms with Gasteiger partial charge in [-0.05, 0) is 19.1 Å². The molecule has 1 atom stereocenters. The molecular weight excluding hydrogens is 290 g/mol. The minimum absolute atomic E-state index is 0.0905. The first-order chi connectivity index (χ1) is 10.5. The Morgan fingerprint density at radius 2 is 2.27 bits per heavy atom.